The predicted octanol–water partition coefficient (Wildman–Crippen LogP) is 1.72. The molecule has 12 nitrogen and oxygen atoms in total. The van der Waals surface area contributed by atoms with E-state index >= 15 is 0 Å². The van der Waals surface area contributed by atoms with Crippen molar-refractivity contribution in [1.82, 2.24) is 0 Å². The lowest BCUT2D eigenvalue weighted by molar-refractivity contribution is -0.261. The molecule has 1 saturated carbocycles. The minimum atomic E-state index is -5.25. The fraction of sp³-hybridized carbons (Fsp3) is 0.690. The van der Waals surface area contributed by atoms with E-state index in [-0.39, 0.29) is 6.42 Å². The van der Waals surface area contributed by atoms with Gasteiger partial charge < -0.3 is 49.3 Å². The molecule has 0 aromatic rings. The van der Waals surface area contributed by atoms with Crippen LogP contribution in [0.5, 0.6) is 0 Å². The van der Waals surface area contributed by atoms with Crippen LogP contribution >= 0.6 is 7.82 Å². The number of ether oxygens (including phenoxy) is 1. The Morgan fingerprint density at radius 3 is 1.76 bits per heavy atom. The monoisotopic (exact) mass is 619 g/mol. The van der Waals surface area contributed by atoms with Gasteiger partial charge in [-0.1, -0.05) is 68.4 Å². The van der Waals surface area contributed by atoms with Gasteiger partial charge in [0.1, 0.15) is 49.3 Å². The molecule has 0 spiro atoms. The summed E-state index contributed by atoms with van der Waals surface area (Å²) in [4.78, 5) is 23.9. The van der Waals surface area contributed by atoms with E-state index in [1.807, 2.05) is 12.2 Å². The first-order valence-electron chi connectivity index (χ1n) is 14.5. The number of hydrogen-bond acceptors (Lipinski definition) is 12. The van der Waals surface area contributed by atoms with Gasteiger partial charge in [-0.2, -0.15) is 0 Å². The van der Waals surface area contributed by atoms with E-state index in [9.17, 15) is 44.9 Å². The molecule has 6 N–H and O–H groups in total. The molecule has 1 rings (SSSR count). The maximum absolute atomic E-state index is 12.0. The van der Waals surface area contributed by atoms with Crippen molar-refractivity contribution in [2.75, 3.05) is 13.2 Å². The first kappa shape index (κ1) is 38.3. The summed E-state index contributed by atoms with van der Waals surface area (Å²) >= 11 is 0. The van der Waals surface area contributed by atoms with Crippen LogP contribution in [0.25, 0.3) is 0 Å². The molecular weight excluding hydrogens is 571 g/mol. The first-order chi connectivity index (χ1) is 20.0. The summed E-state index contributed by atoms with van der Waals surface area (Å²) in [6, 6.07) is 0. The van der Waals surface area contributed by atoms with E-state index in [4.69, 9.17) is 4.74 Å². The fourth-order valence-corrected chi connectivity index (χ4v) is 4.88. The number of aliphatic hydroxyl groups excluding tert-OH is 6. The van der Waals surface area contributed by atoms with Gasteiger partial charge in [-0.15, -0.1) is 0 Å². The third-order valence-corrected chi connectivity index (χ3v) is 7.36. The smallest absolute Gasteiger partial charge is 0.305 e. The lowest BCUT2D eigenvalue weighted by Gasteiger charge is -2.43. The summed E-state index contributed by atoms with van der Waals surface area (Å²) in [5.74, 6) is -0.582. The highest BCUT2D eigenvalue weighted by Crippen LogP contribution is 2.43. The van der Waals surface area contributed by atoms with E-state index in [0.29, 0.717) is 12.8 Å². The van der Waals surface area contributed by atoms with Gasteiger partial charge in [0.25, 0.3) is 7.82 Å². The Morgan fingerprint density at radius 1 is 0.762 bits per heavy atom. The molecule has 0 saturated heterocycles. The molecule has 3 unspecified atom stereocenters. The maximum atomic E-state index is 12.0. The van der Waals surface area contributed by atoms with E-state index in [2.05, 4.69) is 52.4 Å². The van der Waals surface area contributed by atoms with Crippen molar-refractivity contribution in [2.45, 2.75) is 114 Å². The van der Waals surface area contributed by atoms with Gasteiger partial charge in [0.15, 0.2) is 0 Å². The Balaban J connectivity index is 2.15. The number of phosphoric ester groups is 1. The summed E-state index contributed by atoms with van der Waals surface area (Å²) in [5, 5.41) is 58.4. The molecule has 1 aliphatic carbocycles. The summed E-state index contributed by atoms with van der Waals surface area (Å²) < 4.78 is 25.9. The lowest BCUT2D eigenvalue weighted by Crippen LogP contribution is -2.64. The topological polar surface area (TPSA) is 206 Å². The number of allylic oxidation sites excluding steroid dienone is 8. The second-order valence-corrected chi connectivity index (χ2v) is 11.4. The average Bonchev–Trinajstić information content (AvgIpc) is 2.96. The van der Waals surface area contributed by atoms with Crippen molar-refractivity contribution in [3.8, 4) is 0 Å². The molecule has 0 aromatic heterocycles. The number of esters is 1. The standard InChI is InChI=1S/C29H49O12P/c1-2-3-4-5-6-7-8-9-10-11-12-13-14-15-16-17-18-19-23(31)39-20-22(30)21-40-42(37,38)41-29-27(35)25(33)24(32)26(34)28(29)36/h6-7,9-10,12-13,15-16,22,24-30,32-36H,2-5,8,11,14,17-21H2,1H3,(H,37,38)/p-1/b7-6-,10-9-,13-12-,16-15-/t22-,24?,25-,26+,27-,28-,29?/m1/s1. The van der Waals surface area contributed by atoms with Gasteiger partial charge in [0.2, 0.25) is 0 Å². The Bertz CT molecular complexity index is 889. The van der Waals surface area contributed by atoms with Crippen molar-refractivity contribution in [2.24, 2.45) is 0 Å². The number of rotatable bonds is 21. The summed E-state index contributed by atoms with van der Waals surface area (Å²) in [5.41, 5.74) is 0. The van der Waals surface area contributed by atoms with Gasteiger partial charge in [0.05, 0.1) is 6.61 Å². The number of aliphatic hydroxyl groups is 6. The highest BCUT2D eigenvalue weighted by atomic mass is 31.2. The quantitative estimate of drug-likeness (QED) is 0.0470. The van der Waals surface area contributed by atoms with Crippen LogP contribution in [0.2, 0.25) is 0 Å². The highest BCUT2D eigenvalue weighted by molar-refractivity contribution is 7.45. The van der Waals surface area contributed by atoms with Crippen molar-refractivity contribution < 1.29 is 58.7 Å². The normalized spacial score (nSPS) is 27.3. The number of carbonyl (C=O) groups excluding carboxylic acids is 1. The molecule has 1 fully saturated rings. The van der Waals surface area contributed by atoms with Crippen LogP contribution < -0.4 is 4.89 Å². The van der Waals surface area contributed by atoms with Crippen molar-refractivity contribution in [3.63, 3.8) is 0 Å². The van der Waals surface area contributed by atoms with Crippen LogP contribution in [-0.2, 0) is 23.1 Å². The number of carbonyl (C=O) groups is 1. The molecule has 8 atom stereocenters. The van der Waals surface area contributed by atoms with Crippen molar-refractivity contribution in [3.05, 3.63) is 48.6 Å². The SMILES string of the molecule is CCCCC/C=C\C/C=C\C/C=C\C/C=C\CCCC(=O)OC[C@@H](O)COP(=O)([O-])OC1[C@H](O)[C@H](O)C(O)[C@H](O)[C@H]1O. The molecular formula is C29H48O12P-. The molecule has 242 valence electrons. The molecule has 1 aliphatic rings. The first-order valence-corrected chi connectivity index (χ1v) is 15.9. The third-order valence-electron chi connectivity index (χ3n) is 6.39. The predicted molar refractivity (Wildman–Crippen MR) is 154 cm³/mol. The van der Waals surface area contributed by atoms with Crippen molar-refractivity contribution in [1.29, 1.82) is 0 Å². The number of phosphoric acid groups is 1. The molecule has 0 aliphatic heterocycles. The van der Waals surface area contributed by atoms with E-state index < -0.39 is 69.7 Å². The second-order valence-electron chi connectivity index (χ2n) is 10.1. The van der Waals surface area contributed by atoms with Crippen LogP contribution in [0.15, 0.2) is 48.6 Å². The maximum Gasteiger partial charge on any atom is 0.305 e. The van der Waals surface area contributed by atoms with Gasteiger partial charge in [-0.05, 0) is 44.9 Å². The average molecular weight is 620 g/mol. The number of hydrogen-bond donors (Lipinski definition) is 6. The highest BCUT2D eigenvalue weighted by Gasteiger charge is 2.50. The van der Waals surface area contributed by atoms with Crippen LogP contribution in [0.4, 0.5) is 0 Å². The summed E-state index contributed by atoms with van der Waals surface area (Å²) in [6.07, 6.45) is 12.2. The fourth-order valence-electron chi connectivity index (χ4n) is 3.91. The van der Waals surface area contributed by atoms with Crippen LogP contribution in [0.1, 0.15) is 71.1 Å². The zero-order chi connectivity index (χ0) is 31.4. The van der Waals surface area contributed by atoms with Crippen molar-refractivity contribution >= 4 is 13.8 Å². The lowest BCUT2D eigenvalue weighted by atomic mass is 9.85. The zero-order valence-corrected chi connectivity index (χ0v) is 25.1. The van der Waals surface area contributed by atoms with Gasteiger partial charge in [-0.3, -0.25) is 9.36 Å². The Kier molecular flexibility index (Phi) is 20.0. The molecule has 0 radical (unpaired) electrons. The molecule has 42 heavy (non-hydrogen) atoms. The van der Waals surface area contributed by atoms with Crippen LogP contribution in [-0.4, -0.2) is 92.5 Å². The minimum Gasteiger partial charge on any atom is -0.756 e. The minimum absolute atomic E-state index is 0.0999. The Morgan fingerprint density at radius 2 is 1.24 bits per heavy atom. The second kappa shape index (κ2) is 21.9. The molecule has 0 amide bonds. The largest absolute Gasteiger partial charge is 0.756 e. The summed E-state index contributed by atoms with van der Waals surface area (Å²) in [7, 11) is -5.25. The number of unbranched alkanes of at least 4 members (excludes halogenated alkanes) is 4. The summed E-state index contributed by atoms with van der Waals surface area (Å²) in [6.45, 7) is 0.802. The van der Waals surface area contributed by atoms with Crippen LogP contribution in [0.3, 0.4) is 0 Å². The van der Waals surface area contributed by atoms with Gasteiger partial charge in [0, 0.05) is 6.42 Å². The Labute approximate surface area is 248 Å². The molecule has 13 heteroatoms. The van der Waals surface area contributed by atoms with E-state index in [0.717, 1.165) is 25.7 Å². The molecule has 0 heterocycles. The van der Waals surface area contributed by atoms with Crippen LogP contribution in [0, 0.1) is 0 Å². The zero-order valence-electron chi connectivity index (χ0n) is 24.2. The third kappa shape index (κ3) is 16.2. The molecule has 0 aromatic carbocycles. The Hall–Kier alpha value is -1.70. The molecule has 0 bridgehead atoms. The van der Waals surface area contributed by atoms with E-state index in [1.54, 1.807) is 0 Å². The van der Waals surface area contributed by atoms with Gasteiger partial charge in [-0.25, -0.2) is 0 Å². The van der Waals surface area contributed by atoms with Gasteiger partial charge >= 0.3 is 5.97 Å². The van der Waals surface area contributed by atoms with E-state index in [1.165, 1.54) is 19.3 Å².